The van der Waals surface area contributed by atoms with Crippen LogP contribution in [0.25, 0.3) is 0 Å². The standard InChI is InChI=1S/C16H24N2O2/c1-20-11-10-17-6-8-18(9-7-17)15-12-13-4-2-3-5-14(13)16(15)19/h2-5,15-16,19H,6-12H2,1H3. The molecule has 2 atom stereocenters. The molecule has 1 fully saturated rings. The lowest BCUT2D eigenvalue weighted by atomic mass is 10.1. The van der Waals surface area contributed by atoms with Gasteiger partial charge in [0.05, 0.1) is 12.7 Å². The smallest absolute Gasteiger partial charge is 0.0951 e. The molecule has 1 aliphatic heterocycles. The normalized spacial score (nSPS) is 27.7. The van der Waals surface area contributed by atoms with Gasteiger partial charge >= 0.3 is 0 Å². The first-order valence-corrected chi connectivity index (χ1v) is 7.51. The van der Waals surface area contributed by atoms with Gasteiger partial charge in [-0.1, -0.05) is 24.3 Å². The summed E-state index contributed by atoms with van der Waals surface area (Å²) in [6.45, 7) is 6.04. The van der Waals surface area contributed by atoms with E-state index < -0.39 is 0 Å². The summed E-state index contributed by atoms with van der Waals surface area (Å²) in [5.41, 5.74) is 2.44. The van der Waals surface area contributed by atoms with E-state index in [4.69, 9.17) is 4.74 Å². The van der Waals surface area contributed by atoms with Crippen molar-refractivity contribution >= 4 is 0 Å². The molecule has 0 aromatic heterocycles. The second kappa shape index (κ2) is 6.22. The van der Waals surface area contributed by atoms with Gasteiger partial charge in [-0.05, 0) is 17.5 Å². The zero-order chi connectivity index (χ0) is 13.9. The van der Waals surface area contributed by atoms with Gasteiger partial charge in [-0.25, -0.2) is 0 Å². The first-order valence-electron chi connectivity index (χ1n) is 7.51. The molecule has 3 rings (SSSR count). The Hall–Kier alpha value is -0.940. The molecule has 1 aromatic carbocycles. The topological polar surface area (TPSA) is 35.9 Å². The lowest BCUT2D eigenvalue weighted by Crippen LogP contribution is -2.52. The van der Waals surface area contributed by atoms with Crippen molar-refractivity contribution in [1.82, 2.24) is 9.80 Å². The summed E-state index contributed by atoms with van der Waals surface area (Å²) in [4.78, 5) is 4.89. The van der Waals surface area contributed by atoms with Crippen LogP contribution in [-0.4, -0.2) is 67.4 Å². The van der Waals surface area contributed by atoms with Crippen molar-refractivity contribution < 1.29 is 9.84 Å². The SMILES string of the molecule is COCCN1CCN(C2Cc3ccccc3C2O)CC1. The number of hydrogen-bond donors (Lipinski definition) is 1. The zero-order valence-electron chi connectivity index (χ0n) is 12.2. The summed E-state index contributed by atoms with van der Waals surface area (Å²) in [5, 5.41) is 10.5. The number of hydrogen-bond acceptors (Lipinski definition) is 4. The number of rotatable bonds is 4. The van der Waals surface area contributed by atoms with Crippen LogP contribution in [0.5, 0.6) is 0 Å². The molecule has 0 spiro atoms. The molecular weight excluding hydrogens is 252 g/mol. The average molecular weight is 276 g/mol. The van der Waals surface area contributed by atoms with Crippen molar-refractivity contribution in [2.45, 2.75) is 18.6 Å². The Balaban J connectivity index is 1.57. The van der Waals surface area contributed by atoms with Crippen LogP contribution in [0.3, 0.4) is 0 Å². The van der Waals surface area contributed by atoms with E-state index in [1.807, 2.05) is 6.07 Å². The van der Waals surface area contributed by atoms with Crippen molar-refractivity contribution in [3.05, 3.63) is 35.4 Å². The monoisotopic (exact) mass is 276 g/mol. The van der Waals surface area contributed by atoms with Gasteiger partial charge in [0.25, 0.3) is 0 Å². The molecule has 20 heavy (non-hydrogen) atoms. The number of ether oxygens (including phenoxy) is 1. The second-order valence-electron chi connectivity index (χ2n) is 5.79. The molecule has 0 radical (unpaired) electrons. The van der Waals surface area contributed by atoms with Crippen LogP contribution in [0.1, 0.15) is 17.2 Å². The van der Waals surface area contributed by atoms with E-state index in [1.54, 1.807) is 7.11 Å². The molecule has 1 heterocycles. The van der Waals surface area contributed by atoms with Gasteiger partial charge in [-0.3, -0.25) is 9.80 Å². The highest BCUT2D eigenvalue weighted by molar-refractivity contribution is 5.35. The van der Waals surface area contributed by atoms with Gasteiger partial charge in [0.1, 0.15) is 0 Å². The maximum absolute atomic E-state index is 10.5. The maximum Gasteiger partial charge on any atom is 0.0951 e. The molecule has 1 aliphatic carbocycles. The number of piperazine rings is 1. The fraction of sp³-hybridized carbons (Fsp3) is 0.625. The Morgan fingerprint density at radius 2 is 1.95 bits per heavy atom. The van der Waals surface area contributed by atoms with Gasteiger partial charge in [-0.15, -0.1) is 0 Å². The molecule has 4 heteroatoms. The zero-order valence-corrected chi connectivity index (χ0v) is 12.2. The Labute approximate surface area is 120 Å². The number of fused-ring (bicyclic) bond motifs is 1. The van der Waals surface area contributed by atoms with Crippen molar-refractivity contribution in [2.75, 3.05) is 46.4 Å². The lowest BCUT2D eigenvalue weighted by molar-refractivity contribution is 0.0220. The van der Waals surface area contributed by atoms with E-state index in [1.165, 1.54) is 5.56 Å². The first-order chi connectivity index (χ1) is 9.79. The van der Waals surface area contributed by atoms with Gasteiger partial charge in [0.15, 0.2) is 0 Å². The number of nitrogens with zero attached hydrogens (tertiary/aromatic N) is 2. The van der Waals surface area contributed by atoms with Gasteiger partial charge in [0.2, 0.25) is 0 Å². The summed E-state index contributed by atoms with van der Waals surface area (Å²) >= 11 is 0. The second-order valence-corrected chi connectivity index (χ2v) is 5.79. The Kier molecular flexibility index (Phi) is 4.36. The molecule has 0 bridgehead atoms. The molecule has 2 aliphatic rings. The van der Waals surface area contributed by atoms with Crippen molar-refractivity contribution in [3.63, 3.8) is 0 Å². The third-order valence-electron chi connectivity index (χ3n) is 4.65. The number of aliphatic hydroxyl groups excluding tert-OH is 1. The number of methoxy groups -OCH3 is 1. The van der Waals surface area contributed by atoms with Crippen LogP contribution in [0.15, 0.2) is 24.3 Å². The molecule has 1 N–H and O–H groups in total. The first kappa shape index (κ1) is 14.0. The fourth-order valence-corrected chi connectivity index (χ4v) is 3.42. The van der Waals surface area contributed by atoms with E-state index >= 15 is 0 Å². The van der Waals surface area contributed by atoms with Crippen LogP contribution < -0.4 is 0 Å². The largest absolute Gasteiger partial charge is 0.387 e. The molecule has 1 aromatic rings. The van der Waals surface area contributed by atoms with Crippen molar-refractivity contribution in [1.29, 1.82) is 0 Å². The summed E-state index contributed by atoms with van der Waals surface area (Å²) < 4.78 is 5.14. The van der Waals surface area contributed by atoms with Crippen molar-refractivity contribution in [2.24, 2.45) is 0 Å². The third kappa shape index (κ3) is 2.74. The Bertz CT molecular complexity index is 444. The van der Waals surface area contributed by atoms with Crippen molar-refractivity contribution in [3.8, 4) is 0 Å². The minimum atomic E-state index is -0.322. The van der Waals surface area contributed by atoms with E-state index in [-0.39, 0.29) is 12.1 Å². The fourth-order valence-electron chi connectivity index (χ4n) is 3.42. The van der Waals surface area contributed by atoms with Crippen LogP contribution in [-0.2, 0) is 11.2 Å². The average Bonchev–Trinajstić information content (AvgIpc) is 2.83. The number of benzene rings is 1. The van der Waals surface area contributed by atoms with Crippen LogP contribution >= 0.6 is 0 Å². The predicted octanol–water partition coefficient (Wildman–Crippen LogP) is 0.909. The molecular formula is C16H24N2O2. The van der Waals surface area contributed by atoms with Gasteiger partial charge < -0.3 is 9.84 Å². The maximum atomic E-state index is 10.5. The third-order valence-corrected chi connectivity index (χ3v) is 4.65. The highest BCUT2D eigenvalue weighted by atomic mass is 16.5. The predicted molar refractivity (Wildman–Crippen MR) is 78.8 cm³/mol. The van der Waals surface area contributed by atoms with Gasteiger partial charge in [0, 0.05) is 45.9 Å². The molecule has 2 unspecified atom stereocenters. The molecule has 110 valence electrons. The molecule has 0 amide bonds. The minimum absolute atomic E-state index is 0.261. The summed E-state index contributed by atoms with van der Waals surface area (Å²) in [6, 6.07) is 8.56. The van der Waals surface area contributed by atoms with Crippen LogP contribution in [0.2, 0.25) is 0 Å². The quantitative estimate of drug-likeness (QED) is 0.887. The molecule has 4 nitrogen and oxygen atoms in total. The Morgan fingerprint density at radius 1 is 1.20 bits per heavy atom. The van der Waals surface area contributed by atoms with Crippen LogP contribution in [0, 0.1) is 0 Å². The highest BCUT2D eigenvalue weighted by Gasteiger charge is 2.35. The Morgan fingerprint density at radius 3 is 2.65 bits per heavy atom. The molecule has 1 saturated heterocycles. The van der Waals surface area contributed by atoms with E-state index in [0.29, 0.717) is 0 Å². The minimum Gasteiger partial charge on any atom is -0.387 e. The van der Waals surface area contributed by atoms with E-state index in [0.717, 1.165) is 51.3 Å². The number of aliphatic hydroxyl groups is 1. The molecule has 0 saturated carbocycles. The van der Waals surface area contributed by atoms with E-state index in [9.17, 15) is 5.11 Å². The highest BCUT2D eigenvalue weighted by Crippen LogP contribution is 2.34. The summed E-state index contributed by atoms with van der Waals surface area (Å²) in [6.07, 6.45) is 0.659. The van der Waals surface area contributed by atoms with E-state index in [2.05, 4.69) is 28.0 Å². The lowest BCUT2D eigenvalue weighted by Gasteiger charge is -2.39. The van der Waals surface area contributed by atoms with Crippen LogP contribution in [0.4, 0.5) is 0 Å². The summed E-state index contributed by atoms with van der Waals surface area (Å²) in [7, 11) is 1.75. The van der Waals surface area contributed by atoms with Gasteiger partial charge in [-0.2, -0.15) is 0 Å². The summed E-state index contributed by atoms with van der Waals surface area (Å²) in [5.74, 6) is 0.